The van der Waals surface area contributed by atoms with Gasteiger partial charge in [-0.2, -0.15) is 28.3 Å². The maximum atomic E-state index is 13.8. The smallest absolute Gasteiger partial charge is 0.349 e. The predicted molar refractivity (Wildman–Crippen MR) is 137 cm³/mol. The summed E-state index contributed by atoms with van der Waals surface area (Å²) in [5.74, 6) is -2.15. The molecular formula is C26H21ClF3N9O2. The molecule has 0 radical (unpaired) electrons. The van der Waals surface area contributed by atoms with Gasteiger partial charge in [0.25, 0.3) is 11.7 Å². The number of ketones is 1. The molecule has 0 atom stereocenters. The van der Waals surface area contributed by atoms with Gasteiger partial charge >= 0.3 is 6.18 Å². The number of hydrogen-bond donors (Lipinski definition) is 1. The predicted octanol–water partition coefficient (Wildman–Crippen LogP) is 3.86. The quantitative estimate of drug-likeness (QED) is 0.308. The molecule has 1 aliphatic carbocycles. The van der Waals surface area contributed by atoms with Crippen molar-refractivity contribution in [3.05, 3.63) is 81.0 Å². The minimum atomic E-state index is -4.78. The number of Topliss-reactive ketones (excluding diaryl/α,β-unsaturated/α-hetero) is 1. The SMILES string of the molecule is Cc1cc(C#N)cc(C(=O)NC2CCC2)c1CC(=O)c1cc(Cn2nnc(C(F)(F)F)n2)nn1-c1ncccc1Cl. The van der Waals surface area contributed by atoms with E-state index < -0.39 is 17.8 Å². The Bertz CT molecular complexity index is 1690. The molecule has 1 aromatic carbocycles. The molecule has 5 rings (SSSR count). The van der Waals surface area contributed by atoms with Crippen molar-refractivity contribution in [1.29, 1.82) is 5.26 Å². The van der Waals surface area contributed by atoms with Crippen LogP contribution in [-0.4, -0.2) is 52.7 Å². The molecule has 3 heterocycles. The number of halogens is 4. The van der Waals surface area contributed by atoms with Crippen molar-refractivity contribution in [2.24, 2.45) is 0 Å². The first-order valence-corrected chi connectivity index (χ1v) is 12.8. The fraction of sp³-hybridized carbons (Fsp3) is 0.308. The fourth-order valence-corrected chi connectivity index (χ4v) is 4.56. The van der Waals surface area contributed by atoms with Gasteiger partial charge in [-0.25, -0.2) is 9.67 Å². The van der Waals surface area contributed by atoms with Crippen LogP contribution in [0.1, 0.15) is 68.3 Å². The van der Waals surface area contributed by atoms with Crippen molar-refractivity contribution < 1.29 is 22.8 Å². The lowest BCUT2D eigenvalue weighted by Gasteiger charge is -2.27. The Labute approximate surface area is 235 Å². The van der Waals surface area contributed by atoms with Crippen molar-refractivity contribution in [1.82, 2.24) is 40.3 Å². The van der Waals surface area contributed by atoms with E-state index in [1.807, 2.05) is 6.07 Å². The number of hydrogen-bond acceptors (Lipinski definition) is 8. The average molecular weight is 584 g/mol. The molecule has 0 saturated heterocycles. The minimum Gasteiger partial charge on any atom is -0.349 e. The van der Waals surface area contributed by atoms with E-state index in [-0.39, 0.29) is 58.3 Å². The number of nitrogens with one attached hydrogen (secondary N) is 1. The highest BCUT2D eigenvalue weighted by molar-refractivity contribution is 6.32. The molecule has 1 aliphatic rings. The van der Waals surface area contributed by atoms with Crippen LogP contribution in [0.5, 0.6) is 0 Å². The molecule has 0 aliphatic heterocycles. The Kier molecular flexibility index (Phi) is 7.55. The Morgan fingerprint density at radius 2 is 2.00 bits per heavy atom. The first-order valence-electron chi connectivity index (χ1n) is 12.5. The molecule has 0 spiro atoms. The van der Waals surface area contributed by atoms with E-state index in [9.17, 15) is 28.0 Å². The topological polar surface area (TPSA) is 144 Å². The molecule has 0 bridgehead atoms. The van der Waals surface area contributed by atoms with Gasteiger partial charge in [0, 0.05) is 24.2 Å². The highest BCUT2D eigenvalue weighted by Gasteiger charge is 2.37. The number of rotatable bonds is 8. The first-order chi connectivity index (χ1) is 19.5. The molecule has 4 aromatic rings. The molecule has 0 unspecified atom stereocenters. The van der Waals surface area contributed by atoms with Crippen molar-refractivity contribution in [2.75, 3.05) is 0 Å². The summed E-state index contributed by atoms with van der Waals surface area (Å²) >= 11 is 6.33. The van der Waals surface area contributed by atoms with Gasteiger partial charge in [-0.15, -0.1) is 10.2 Å². The van der Waals surface area contributed by atoms with Gasteiger partial charge in [0.1, 0.15) is 12.2 Å². The Morgan fingerprint density at radius 3 is 2.63 bits per heavy atom. The maximum absolute atomic E-state index is 13.8. The van der Waals surface area contributed by atoms with E-state index in [0.29, 0.717) is 15.9 Å². The summed E-state index contributed by atoms with van der Waals surface area (Å²) < 4.78 is 40.0. The van der Waals surface area contributed by atoms with Gasteiger partial charge in [-0.05, 0) is 72.9 Å². The van der Waals surface area contributed by atoms with E-state index in [2.05, 4.69) is 30.8 Å². The Balaban J connectivity index is 1.51. The molecular weight excluding hydrogens is 563 g/mol. The van der Waals surface area contributed by atoms with Crippen LogP contribution in [0.2, 0.25) is 5.02 Å². The molecule has 1 N–H and O–H groups in total. The van der Waals surface area contributed by atoms with Crippen molar-refractivity contribution >= 4 is 23.3 Å². The van der Waals surface area contributed by atoms with Crippen LogP contribution in [0, 0.1) is 18.3 Å². The van der Waals surface area contributed by atoms with Crippen LogP contribution in [0.25, 0.3) is 5.82 Å². The second kappa shape index (κ2) is 11.1. The number of aromatic nitrogens is 7. The first kappa shape index (κ1) is 27.9. The van der Waals surface area contributed by atoms with E-state index in [1.54, 1.807) is 25.1 Å². The number of carbonyl (C=O) groups is 2. The summed E-state index contributed by atoms with van der Waals surface area (Å²) in [5, 5.41) is 26.7. The maximum Gasteiger partial charge on any atom is 0.455 e. The number of alkyl halides is 3. The third-order valence-corrected chi connectivity index (χ3v) is 6.91. The number of pyridine rings is 1. The Morgan fingerprint density at radius 1 is 1.22 bits per heavy atom. The molecule has 15 heteroatoms. The summed E-state index contributed by atoms with van der Waals surface area (Å²) in [5.41, 5.74) is 1.66. The fourth-order valence-electron chi connectivity index (χ4n) is 4.35. The molecule has 11 nitrogen and oxygen atoms in total. The van der Waals surface area contributed by atoms with Crippen molar-refractivity contribution in [3.63, 3.8) is 0 Å². The molecule has 1 saturated carbocycles. The second-order valence-electron chi connectivity index (χ2n) is 9.52. The number of tetrazole rings is 1. The normalized spacial score (nSPS) is 13.5. The lowest BCUT2D eigenvalue weighted by atomic mass is 9.90. The second-order valence-corrected chi connectivity index (χ2v) is 9.92. The highest BCUT2D eigenvalue weighted by Crippen LogP contribution is 2.26. The lowest BCUT2D eigenvalue weighted by molar-refractivity contribution is -0.145. The highest BCUT2D eigenvalue weighted by atomic mass is 35.5. The molecule has 3 aromatic heterocycles. The van der Waals surface area contributed by atoms with Gasteiger partial charge in [0.05, 0.1) is 22.3 Å². The van der Waals surface area contributed by atoms with Crippen LogP contribution < -0.4 is 5.32 Å². The third-order valence-electron chi connectivity index (χ3n) is 6.62. The van der Waals surface area contributed by atoms with Crippen LogP contribution >= 0.6 is 11.6 Å². The van der Waals surface area contributed by atoms with Crippen molar-refractivity contribution in [3.8, 4) is 11.9 Å². The molecule has 1 amide bonds. The van der Waals surface area contributed by atoms with Crippen molar-refractivity contribution in [2.45, 2.75) is 51.4 Å². The standard InChI is InChI=1S/C26H21ClF3N9O2/c1-14-8-15(12-31)9-19(24(41)33-16-4-2-5-16)18(14)11-22(40)21-10-17(13-38-36-25(34-37-38)26(28,29)30)35-39(21)23-20(27)6-3-7-32-23/h3,6-10,16H,2,4-5,11,13H2,1H3,(H,33,41). The van der Waals surface area contributed by atoms with E-state index in [0.717, 1.165) is 19.3 Å². The summed E-state index contributed by atoms with van der Waals surface area (Å²) in [6, 6.07) is 9.63. The monoisotopic (exact) mass is 583 g/mol. The van der Waals surface area contributed by atoms with E-state index >= 15 is 0 Å². The van der Waals surface area contributed by atoms with Gasteiger partial charge in [0.15, 0.2) is 11.6 Å². The largest absolute Gasteiger partial charge is 0.455 e. The summed E-state index contributed by atoms with van der Waals surface area (Å²) in [7, 11) is 0. The number of nitriles is 1. The van der Waals surface area contributed by atoms with Gasteiger partial charge in [-0.3, -0.25) is 9.59 Å². The van der Waals surface area contributed by atoms with Crippen LogP contribution in [0.15, 0.2) is 36.5 Å². The van der Waals surface area contributed by atoms with E-state index in [1.165, 1.54) is 23.0 Å². The average Bonchev–Trinajstić information content (AvgIpc) is 3.55. The number of amides is 1. The minimum absolute atomic E-state index is 0.0193. The Hall–Kier alpha value is -4.64. The zero-order valence-electron chi connectivity index (χ0n) is 21.5. The van der Waals surface area contributed by atoms with Crippen LogP contribution in [0.4, 0.5) is 13.2 Å². The van der Waals surface area contributed by atoms with Crippen LogP contribution in [-0.2, 0) is 19.1 Å². The molecule has 210 valence electrons. The molecule has 41 heavy (non-hydrogen) atoms. The summed E-state index contributed by atoms with van der Waals surface area (Å²) in [4.78, 5) is 31.8. The number of nitrogens with zero attached hydrogens (tertiary/aromatic N) is 8. The summed E-state index contributed by atoms with van der Waals surface area (Å²) in [6.07, 6.45) is -0.845. The van der Waals surface area contributed by atoms with Crippen LogP contribution in [0.3, 0.4) is 0 Å². The number of carbonyl (C=O) groups excluding carboxylic acids is 2. The molecule has 1 fully saturated rings. The number of benzene rings is 1. The number of aryl methyl sites for hydroxylation is 1. The zero-order valence-corrected chi connectivity index (χ0v) is 22.2. The zero-order chi connectivity index (χ0) is 29.3. The van der Waals surface area contributed by atoms with Gasteiger partial charge < -0.3 is 5.32 Å². The summed E-state index contributed by atoms with van der Waals surface area (Å²) in [6.45, 7) is 1.38. The lowest BCUT2D eigenvalue weighted by Crippen LogP contribution is -2.40. The van der Waals surface area contributed by atoms with Gasteiger partial charge in [-0.1, -0.05) is 11.6 Å². The van der Waals surface area contributed by atoms with E-state index in [4.69, 9.17) is 11.6 Å². The third kappa shape index (κ3) is 5.94. The van der Waals surface area contributed by atoms with Gasteiger partial charge in [0.2, 0.25) is 0 Å².